The van der Waals surface area contributed by atoms with Gasteiger partial charge in [-0.3, -0.25) is 4.79 Å². The molecule has 1 unspecified atom stereocenters. The molecule has 0 aromatic heterocycles. The first kappa shape index (κ1) is 17.4. The van der Waals surface area contributed by atoms with Crippen LogP contribution in [0.4, 0.5) is 4.39 Å². The number of carbonyl (C=O) groups is 2. The van der Waals surface area contributed by atoms with E-state index in [9.17, 15) is 14.0 Å². The van der Waals surface area contributed by atoms with E-state index in [-0.39, 0.29) is 17.2 Å². The first-order chi connectivity index (χ1) is 11.1. The van der Waals surface area contributed by atoms with Crippen LogP contribution >= 0.6 is 0 Å². The van der Waals surface area contributed by atoms with Crippen molar-refractivity contribution in [1.29, 1.82) is 0 Å². The first-order valence-corrected chi connectivity index (χ1v) is 7.58. The summed E-state index contributed by atoms with van der Waals surface area (Å²) in [6.45, 7) is 2.18. The topological polar surface area (TPSA) is 84.9 Å². The molecule has 1 aliphatic heterocycles. The van der Waals surface area contributed by atoms with Crippen LogP contribution in [0, 0.1) is 5.82 Å². The van der Waals surface area contributed by atoms with E-state index in [1.165, 1.54) is 12.1 Å². The Kier molecular flexibility index (Phi) is 6.49. The van der Waals surface area contributed by atoms with Gasteiger partial charge in [-0.2, -0.15) is 0 Å². The molecule has 0 bridgehead atoms. The van der Waals surface area contributed by atoms with Crippen LogP contribution in [-0.4, -0.2) is 49.5 Å². The van der Waals surface area contributed by atoms with Crippen molar-refractivity contribution < 1.29 is 28.6 Å². The Labute approximate surface area is 133 Å². The van der Waals surface area contributed by atoms with Crippen molar-refractivity contribution in [3.05, 3.63) is 35.1 Å². The zero-order valence-electron chi connectivity index (χ0n) is 12.7. The lowest BCUT2D eigenvalue weighted by atomic mass is 10.1. The predicted molar refractivity (Wildman–Crippen MR) is 80.1 cm³/mol. The molecule has 2 N–H and O–H groups in total. The van der Waals surface area contributed by atoms with Gasteiger partial charge >= 0.3 is 5.97 Å². The molecule has 2 rings (SSSR count). The normalized spacial score (nSPS) is 17.2. The molecule has 1 amide bonds. The molecule has 7 heteroatoms. The lowest BCUT2D eigenvalue weighted by Crippen LogP contribution is -2.26. The second kappa shape index (κ2) is 8.59. The molecule has 0 aliphatic carbocycles. The number of ether oxygens (including phenoxy) is 2. The second-order valence-corrected chi connectivity index (χ2v) is 5.32. The van der Waals surface area contributed by atoms with Gasteiger partial charge in [-0.15, -0.1) is 0 Å². The standard InChI is InChI=1S/C16H20FNO5/c17-14-9-11(16(20)21)4-5-13(14)15(19)18-6-2-7-22-10-12-3-1-8-23-12/h4-5,9,12H,1-3,6-8,10H2,(H,18,19)(H,20,21). The fraction of sp³-hybridized carbons (Fsp3) is 0.500. The largest absolute Gasteiger partial charge is 0.478 e. The van der Waals surface area contributed by atoms with E-state index in [2.05, 4.69) is 5.32 Å². The molecule has 1 atom stereocenters. The van der Waals surface area contributed by atoms with Crippen LogP contribution < -0.4 is 5.32 Å². The Balaban J connectivity index is 1.67. The minimum atomic E-state index is -1.24. The average molecular weight is 325 g/mol. The molecule has 23 heavy (non-hydrogen) atoms. The summed E-state index contributed by atoms with van der Waals surface area (Å²) >= 11 is 0. The maximum absolute atomic E-state index is 13.7. The second-order valence-electron chi connectivity index (χ2n) is 5.32. The highest BCUT2D eigenvalue weighted by Crippen LogP contribution is 2.12. The molecule has 1 aliphatic rings. The number of carboxylic acids is 1. The third-order valence-corrected chi connectivity index (χ3v) is 3.54. The van der Waals surface area contributed by atoms with Crippen LogP contribution in [0.25, 0.3) is 0 Å². The molecule has 1 aromatic carbocycles. The lowest BCUT2D eigenvalue weighted by molar-refractivity contribution is 0.0166. The maximum atomic E-state index is 13.7. The Morgan fingerprint density at radius 3 is 2.91 bits per heavy atom. The van der Waals surface area contributed by atoms with Gasteiger partial charge in [0.1, 0.15) is 5.82 Å². The molecule has 1 fully saturated rings. The number of hydrogen-bond acceptors (Lipinski definition) is 4. The van der Waals surface area contributed by atoms with Gasteiger partial charge in [0.25, 0.3) is 5.91 Å². The zero-order valence-corrected chi connectivity index (χ0v) is 12.7. The fourth-order valence-corrected chi connectivity index (χ4v) is 2.29. The van der Waals surface area contributed by atoms with E-state index < -0.39 is 17.7 Å². The number of rotatable bonds is 8. The van der Waals surface area contributed by atoms with Gasteiger partial charge < -0.3 is 19.9 Å². The Morgan fingerprint density at radius 1 is 1.43 bits per heavy atom. The Morgan fingerprint density at radius 2 is 2.26 bits per heavy atom. The van der Waals surface area contributed by atoms with E-state index in [1.807, 2.05) is 0 Å². The van der Waals surface area contributed by atoms with Crippen LogP contribution in [0.2, 0.25) is 0 Å². The third-order valence-electron chi connectivity index (χ3n) is 3.54. The SMILES string of the molecule is O=C(O)c1ccc(C(=O)NCCCOCC2CCCO2)c(F)c1. The monoisotopic (exact) mass is 325 g/mol. The molecule has 0 radical (unpaired) electrons. The van der Waals surface area contributed by atoms with E-state index in [1.54, 1.807) is 0 Å². The summed E-state index contributed by atoms with van der Waals surface area (Å²) in [5.41, 5.74) is -0.364. The summed E-state index contributed by atoms with van der Waals surface area (Å²) in [6, 6.07) is 3.20. The van der Waals surface area contributed by atoms with Gasteiger partial charge in [0.05, 0.1) is 23.8 Å². The van der Waals surface area contributed by atoms with Crippen LogP contribution in [0.3, 0.4) is 0 Å². The highest BCUT2D eigenvalue weighted by atomic mass is 19.1. The molecule has 6 nitrogen and oxygen atoms in total. The summed E-state index contributed by atoms with van der Waals surface area (Å²) in [4.78, 5) is 22.5. The molecule has 1 aromatic rings. The van der Waals surface area contributed by atoms with Gasteiger partial charge in [-0.05, 0) is 37.5 Å². The molecule has 126 valence electrons. The number of aromatic carboxylic acids is 1. The summed E-state index contributed by atoms with van der Waals surface area (Å²) in [6.07, 6.45) is 2.86. The smallest absolute Gasteiger partial charge is 0.335 e. The van der Waals surface area contributed by atoms with Crippen molar-refractivity contribution in [2.75, 3.05) is 26.4 Å². The zero-order chi connectivity index (χ0) is 16.7. The van der Waals surface area contributed by atoms with Crippen LogP contribution in [0.5, 0.6) is 0 Å². The summed E-state index contributed by atoms with van der Waals surface area (Å²) in [7, 11) is 0. The number of nitrogens with one attached hydrogen (secondary N) is 1. The Hall–Kier alpha value is -1.99. The van der Waals surface area contributed by atoms with Gasteiger partial charge in [0.15, 0.2) is 0 Å². The van der Waals surface area contributed by atoms with Gasteiger partial charge in [0.2, 0.25) is 0 Å². The van der Waals surface area contributed by atoms with Crippen LogP contribution in [0.1, 0.15) is 40.0 Å². The minimum absolute atomic E-state index is 0.171. The molecular weight excluding hydrogens is 305 g/mol. The van der Waals surface area contributed by atoms with Gasteiger partial charge in [-0.1, -0.05) is 0 Å². The third kappa shape index (κ3) is 5.30. The van der Waals surface area contributed by atoms with Crippen molar-refractivity contribution in [3.8, 4) is 0 Å². The van der Waals surface area contributed by atoms with Crippen molar-refractivity contribution in [1.82, 2.24) is 5.32 Å². The molecular formula is C16H20FNO5. The number of benzene rings is 1. The predicted octanol–water partition coefficient (Wildman–Crippen LogP) is 1.84. The molecule has 1 saturated heterocycles. The number of amides is 1. The quantitative estimate of drug-likeness (QED) is 0.713. The number of carbonyl (C=O) groups excluding carboxylic acids is 1. The van der Waals surface area contributed by atoms with Crippen molar-refractivity contribution >= 4 is 11.9 Å². The highest BCUT2D eigenvalue weighted by Gasteiger charge is 2.15. The number of carboxylic acid groups (broad SMARTS) is 1. The van der Waals surface area contributed by atoms with E-state index in [0.717, 1.165) is 25.5 Å². The van der Waals surface area contributed by atoms with E-state index in [4.69, 9.17) is 14.6 Å². The highest BCUT2D eigenvalue weighted by molar-refractivity contribution is 5.96. The molecule has 0 saturated carbocycles. The summed E-state index contributed by atoms with van der Waals surface area (Å²) < 4.78 is 24.6. The summed E-state index contributed by atoms with van der Waals surface area (Å²) in [5, 5.41) is 11.3. The molecule has 0 spiro atoms. The average Bonchev–Trinajstić information content (AvgIpc) is 3.03. The van der Waals surface area contributed by atoms with E-state index in [0.29, 0.717) is 26.2 Å². The maximum Gasteiger partial charge on any atom is 0.335 e. The minimum Gasteiger partial charge on any atom is -0.478 e. The number of halogens is 1. The van der Waals surface area contributed by atoms with Gasteiger partial charge in [0, 0.05) is 19.8 Å². The number of hydrogen-bond donors (Lipinski definition) is 2. The van der Waals surface area contributed by atoms with Crippen molar-refractivity contribution in [3.63, 3.8) is 0 Å². The van der Waals surface area contributed by atoms with Crippen molar-refractivity contribution in [2.45, 2.75) is 25.4 Å². The van der Waals surface area contributed by atoms with Gasteiger partial charge in [-0.25, -0.2) is 9.18 Å². The van der Waals surface area contributed by atoms with Crippen LogP contribution in [0.15, 0.2) is 18.2 Å². The van der Waals surface area contributed by atoms with Crippen molar-refractivity contribution in [2.24, 2.45) is 0 Å². The molecule has 1 heterocycles. The first-order valence-electron chi connectivity index (χ1n) is 7.58. The van der Waals surface area contributed by atoms with E-state index >= 15 is 0 Å². The summed E-state index contributed by atoms with van der Waals surface area (Å²) in [5.74, 6) is -2.66. The lowest BCUT2D eigenvalue weighted by Gasteiger charge is -2.10. The Bertz CT molecular complexity index is 557. The van der Waals surface area contributed by atoms with Crippen LogP contribution in [-0.2, 0) is 9.47 Å². The fourth-order valence-electron chi connectivity index (χ4n) is 2.29.